The van der Waals surface area contributed by atoms with Crippen molar-refractivity contribution in [3.05, 3.63) is 30.1 Å². The Balaban J connectivity index is 2.79. The van der Waals surface area contributed by atoms with Crippen LogP contribution in [0.25, 0.3) is 5.52 Å². The molecule has 13 heavy (non-hydrogen) atoms. The molecule has 0 aliphatic heterocycles. The molecule has 0 atom stereocenters. The fourth-order valence-electron chi connectivity index (χ4n) is 1.43. The number of aromatic nitrogens is 2. The van der Waals surface area contributed by atoms with Crippen LogP contribution < -0.4 is 5.46 Å². The molecule has 0 bridgehead atoms. The average Bonchev–Trinajstić information content (AvgIpc) is 2.49. The summed E-state index contributed by atoms with van der Waals surface area (Å²) in [5.74, 6) is 0. The first-order chi connectivity index (χ1) is 6.20. The topological polar surface area (TPSA) is 57.8 Å². The smallest absolute Gasteiger partial charge is 0.423 e. The molecule has 0 radical (unpaired) electrons. The van der Waals surface area contributed by atoms with Crippen LogP contribution in [0, 0.1) is 6.92 Å². The fraction of sp³-hybridized carbons (Fsp3) is 0.125. The molecule has 0 amide bonds. The first-order valence-electron chi connectivity index (χ1n) is 3.99. The number of aryl methyl sites for hydroxylation is 1. The molecule has 2 aromatic rings. The fourth-order valence-corrected chi connectivity index (χ4v) is 1.43. The summed E-state index contributed by atoms with van der Waals surface area (Å²) in [4.78, 5) is 0. The lowest BCUT2D eigenvalue weighted by Gasteiger charge is -2.00. The second-order valence-electron chi connectivity index (χ2n) is 2.96. The molecule has 0 unspecified atom stereocenters. The minimum Gasteiger partial charge on any atom is -0.423 e. The predicted molar refractivity (Wildman–Crippen MR) is 49.8 cm³/mol. The lowest BCUT2D eigenvalue weighted by molar-refractivity contribution is 0.426. The van der Waals surface area contributed by atoms with Crippen molar-refractivity contribution >= 4 is 18.1 Å². The second-order valence-corrected chi connectivity index (χ2v) is 2.96. The maximum atomic E-state index is 9.04. The highest BCUT2D eigenvalue weighted by molar-refractivity contribution is 6.61. The van der Waals surface area contributed by atoms with Crippen molar-refractivity contribution in [1.29, 1.82) is 0 Å². The van der Waals surface area contributed by atoms with Gasteiger partial charge in [0.1, 0.15) is 0 Å². The van der Waals surface area contributed by atoms with Crippen molar-refractivity contribution in [3.63, 3.8) is 0 Å². The van der Waals surface area contributed by atoms with Crippen LogP contribution in [0.15, 0.2) is 24.5 Å². The summed E-state index contributed by atoms with van der Waals surface area (Å²) < 4.78 is 1.63. The van der Waals surface area contributed by atoms with Crippen molar-refractivity contribution in [2.24, 2.45) is 0 Å². The van der Waals surface area contributed by atoms with Gasteiger partial charge in [0.2, 0.25) is 0 Å². The van der Waals surface area contributed by atoms with Gasteiger partial charge in [-0.3, -0.25) is 0 Å². The van der Waals surface area contributed by atoms with E-state index >= 15 is 0 Å². The zero-order chi connectivity index (χ0) is 9.42. The van der Waals surface area contributed by atoms with E-state index in [-0.39, 0.29) is 0 Å². The number of pyridine rings is 1. The van der Waals surface area contributed by atoms with Crippen molar-refractivity contribution in [2.45, 2.75) is 6.92 Å². The molecule has 0 aliphatic carbocycles. The lowest BCUT2D eigenvalue weighted by Crippen LogP contribution is -2.29. The zero-order valence-electron chi connectivity index (χ0n) is 7.18. The van der Waals surface area contributed by atoms with Gasteiger partial charge in [-0.05, 0) is 18.6 Å². The summed E-state index contributed by atoms with van der Waals surface area (Å²) in [5, 5.41) is 22.1. The Morgan fingerprint density at radius 1 is 1.46 bits per heavy atom. The third-order valence-corrected chi connectivity index (χ3v) is 2.05. The number of nitrogens with zero attached hydrogens (tertiary/aromatic N) is 2. The molecule has 5 heteroatoms. The number of hydrogen-bond acceptors (Lipinski definition) is 3. The van der Waals surface area contributed by atoms with Crippen LogP contribution in [0.2, 0.25) is 0 Å². The van der Waals surface area contributed by atoms with E-state index in [0.717, 1.165) is 11.1 Å². The van der Waals surface area contributed by atoms with Gasteiger partial charge in [0.25, 0.3) is 0 Å². The van der Waals surface area contributed by atoms with Crippen LogP contribution in [-0.4, -0.2) is 26.8 Å². The van der Waals surface area contributed by atoms with Gasteiger partial charge in [-0.2, -0.15) is 5.10 Å². The molecule has 66 valence electrons. The second kappa shape index (κ2) is 2.87. The zero-order valence-corrected chi connectivity index (χ0v) is 7.18. The van der Waals surface area contributed by atoms with Gasteiger partial charge in [-0.15, -0.1) is 0 Å². The van der Waals surface area contributed by atoms with Crippen molar-refractivity contribution < 1.29 is 10.0 Å². The quantitative estimate of drug-likeness (QED) is 0.566. The highest BCUT2D eigenvalue weighted by Crippen LogP contribution is 2.06. The van der Waals surface area contributed by atoms with Crippen molar-refractivity contribution in [1.82, 2.24) is 9.61 Å². The molecule has 2 N–H and O–H groups in total. The Hall–Kier alpha value is -1.33. The largest absolute Gasteiger partial charge is 0.492 e. The summed E-state index contributed by atoms with van der Waals surface area (Å²) in [6, 6.07) is 3.77. The van der Waals surface area contributed by atoms with E-state index in [2.05, 4.69) is 5.10 Å². The molecule has 0 aliphatic rings. The molecule has 2 aromatic heterocycles. The summed E-state index contributed by atoms with van der Waals surface area (Å²) in [5.41, 5.74) is 2.18. The molecule has 0 saturated heterocycles. The summed E-state index contributed by atoms with van der Waals surface area (Å²) in [6.45, 7) is 1.91. The van der Waals surface area contributed by atoms with Crippen molar-refractivity contribution in [2.75, 3.05) is 0 Å². The highest BCUT2D eigenvalue weighted by Gasteiger charge is 2.17. The first-order valence-corrected chi connectivity index (χ1v) is 3.99. The summed E-state index contributed by atoms with van der Waals surface area (Å²) >= 11 is 0. The Morgan fingerprint density at radius 3 is 2.92 bits per heavy atom. The van der Waals surface area contributed by atoms with E-state index < -0.39 is 7.12 Å². The molecule has 2 heterocycles. The van der Waals surface area contributed by atoms with Gasteiger partial charge in [-0.25, -0.2) is 4.52 Å². The van der Waals surface area contributed by atoms with Gasteiger partial charge in [0.15, 0.2) is 0 Å². The lowest BCUT2D eigenvalue weighted by atomic mass is 9.81. The Bertz CT molecular complexity index is 439. The highest BCUT2D eigenvalue weighted by atomic mass is 16.4. The number of fused-ring (bicyclic) bond motifs is 1. The van der Waals surface area contributed by atoms with Gasteiger partial charge >= 0.3 is 7.12 Å². The van der Waals surface area contributed by atoms with Crippen LogP contribution in [0.3, 0.4) is 0 Å². The Morgan fingerprint density at radius 2 is 2.23 bits per heavy atom. The van der Waals surface area contributed by atoms with Gasteiger partial charge in [0, 0.05) is 17.9 Å². The molecule has 2 rings (SSSR count). The van der Waals surface area contributed by atoms with Gasteiger partial charge in [0.05, 0.1) is 5.52 Å². The SMILES string of the molecule is Cc1cccn2ncc(B(O)O)c12. The predicted octanol–water partition coefficient (Wildman–Crippen LogP) is -0.677. The molecular weight excluding hydrogens is 167 g/mol. The number of rotatable bonds is 1. The van der Waals surface area contributed by atoms with E-state index in [1.54, 1.807) is 10.7 Å². The van der Waals surface area contributed by atoms with E-state index in [9.17, 15) is 0 Å². The number of hydrogen-bond donors (Lipinski definition) is 2. The molecule has 4 nitrogen and oxygen atoms in total. The molecule has 0 spiro atoms. The minimum atomic E-state index is -1.46. The van der Waals surface area contributed by atoms with Crippen molar-refractivity contribution in [3.8, 4) is 0 Å². The van der Waals surface area contributed by atoms with E-state index in [0.29, 0.717) is 5.46 Å². The molecular formula is C8H9BN2O2. The van der Waals surface area contributed by atoms with E-state index in [1.807, 2.05) is 19.1 Å². The first kappa shape index (κ1) is 8.28. The molecule has 0 saturated carbocycles. The molecule has 0 fully saturated rings. The van der Waals surface area contributed by atoms with Crippen LogP contribution in [0.5, 0.6) is 0 Å². The van der Waals surface area contributed by atoms with Crippen LogP contribution in [0.4, 0.5) is 0 Å². The Labute approximate surface area is 75.6 Å². The monoisotopic (exact) mass is 176 g/mol. The van der Waals surface area contributed by atoms with Gasteiger partial charge < -0.3 is 10.0 Å². The van der Waals surface area contributed by atoms with Crippen LogP contribution in [-0.2, 0) is 0 Å². The standard InChI is InChI=1S/C8H9BN2O2/c1-6-3-2-4-11-8(6)7(5-10-11)9(12)13/h2-5,12-13H,1H3. The third-order valence-electron chi connectivity index (χ3n) is 2.05. The van der Waals surface area contributed by atoms with Crippen LogP contribution in [0.1, 0.15) is 5.56 Å². The molecule has 0 aromatic carbocycles. The van der Waals surface area contributed by atoms with E-state index in [4.69, 9.17) is 10.0 Å². The minimum absolute atomic E-state index is 0.443. The normalized spacial score (nSPS) is 10.7. The Kier molecular flexibility index (Phi) is 1.83. The summed E-state index contributed by atoms with van der Waals surface area (Å²) in [6.07, 6.45) is 3.24. The average molecular weight is 176 g/mol. The summed E-state index contributed by atoms with van der Waals surface area (Å²) in [7, 11) is -1.46. The van der Waals surface area contributed by atoms with Crippen LogP contribution >= 0.6 is 0 Å². The maximum Gasteiger partial charge on any atom is 0.492 e. The maximum absolute atomic E-state index is 9.04. The van der Waals surface area contributed by atoms with E-state index in [1.165, 1.54) is 6.20 Å². The van der Waals surface area contributed by atoms with Gasteiger partial charge in [-0.1, -0.05) is 6.07 Å². The third kappa shape index (κ3) is 1.22.